The Morgan fingerprint density at radius 1 is 1.26 bits per heavy atom. The second kappa shape index (κ2) is 7.36. The number of amides is 1. The number of carbonyl (C=O) groups is 1. The first-order valence-electron chi connectivity index (χ1n) is 10.2. The molecule has 0 saturated heterocycles. The summed E-state index contributed by atoms with van der Waals surface area (Å²) >= 11 is 0. The van der Waals surface area contributed by atoms with E-state index in [9.17, 15) is 14.9 Å². The maximum atomic E-state index is 12.6. The molecule has 5 rings (SSSR count). The highest BCUT2D eigenvalue weighted by Gasteiger charge is 2.23. The van der Waals surface area contributed by atoms with Gasteiger partial charge in [0.1, 0.15) is 11.3 Å². The predicted octanol–water partition coefficient (Wildman–Crippen LogP) is 2.21. The molecular formula is C23H20N6O2. The molecule has 4 aromatic rings. The molecule has 1 N–H and O–H groups in total. The van der Waals surface area contributed by atoms with Crippen LogP contribution in [-0.2, 0) is 18.3 Å². The summed E-state index contributed by atoms with van der Waals surface area (Å²) in [6, 6.07) is 10.7. The van der Waals surface area contributed by atoms with Crippen LogP contribution in [0.1, 0.15) is 24.2 Å². The largest absolute Gasteiger partial charge is 0.355 e. The van der Waals surface area contributed by atoms with Gasteiger partial charge < -0.3 is 9.88 Å². The molecule has 1 fully saturated rings. The van der Waals surface area contributed by atoms with Crippen LogP contribution >= 0.6 is 0 Å². The van der Waals surface area contributed by atoms with E-state index in [0.717, 1.165) is 29.3 Å². The number of aromatic nitrogens is 4. The van der Waals surface area contributed by atoms with Crippen LogP contribution in [0, 0.1) is 17.2 Å². The van der Waals surface area contributed by atoms with E-state index in [-0.39, 0.29) is 17.9 Å². The van der Waals surface area contributed by atoms with Crippen LogP contribution in [0.3, 0.4) is 0 Å². The number of aryl methyl sites for hydroxylation is 1. The Labute approximate surface area is 177 Å². The van der Waals surface area contributed by atoms with Crippen molar-refractivity contribution >= 4 is 27.8 Å². The van der Waals surface area contributed by atoms with Gasteiger partial charge in [-0.05, 0) is 43.0 Å². The average Bonchev–Trinajstić information content (AvgIpc) is 3.53. The molecule has 0 atom stereocenters. The molecule has 0 spiro atoms. The fourth-order valence-corrected chi connectivity index (χ4v) is 3.77. The van der Waals surface area contributed by atoms with E-state index in [1.165, 1.54) is 10.6 Å². The van der Waals surface area contributed by atoms with Crippen molar-refractivity contribution in [1.29, 1.82) is 5.26 Å². The van der Waals surface area contributed by atoms with Crippen LogP contribution in [0.25, 0.3) is 27.6 Å². The molecule has 1 aromatic carbocycles. The van der Waals surface area contributed by atoms with Gasteiger partial charge in [0.15, 0.2) is 0 Å². The van der Waals surface area contributed by atoms with E-state index in [2.05, 4.69) is 16.4 Å². The molecule has 1 aliphatic rings. The van der Waals surface area contributed by atoms with Crippen LogP contribution in [0.4, 0.5) is 0 Å². The lowest BCUT2D eigenvalue weighted by Crippen LogP contribution is -2.28. The molecule has 8 heteroatoms. The molecule has 31 heavy (non-hydrogen) atoms. The summed E-state index contributed by atoms with van der Waals surface area (Å²) in [6.07, 6.45) is 5.82. The van der Waals surface area contributed by atoms with E-state index in [1.54, 1.807) is 43.7 Å². The molecular weight excluding hydrogens is 392 g/mol. The number of hydrogen-bond acceptors (Lipinski definition) is 5. The third-order valence-electron chi connectivity index (χ3n) is 5.61. The summed E-state index contributed by atoms with van der Waals surface area (Å²) in [4.78, 5) is 33.7. The van der Waals surface area contributed by atoms with Crippen LogP contribution in [0.15, 0.2) is 47.5 Å². The first-order chi connectivity index (χ1) is 15.0. The summed E-state index contributed by atoms with van der Waals surface area (Å²) < 4.78 is 3.37. The topological polar surface area (TPSA) is 106 Å². The number of nitrogens with one attached hydrogen (secondary N) is 1. The molecule has 1 aliphatic carbocycles. The van der Waals surface area contributed by atoms with Gasteiger partial charge in [-0.1, -0.05) is 0 Å². The van der Waals surface area contributed by atoms with E-state index in [4.69, 9.17) is 4.98 Å². The molecule has 0 aliphatic heterocycles. The van der Waals surface area contributed by atoms with E-state index in [1.807, 2.05) is 4.57 Å². The van der Waals surface area contributed by atoms with Gasteiger partial charge in [0, 0.05) is 31.2 Å². The van der Waals surface area contributed by atoms with Crippen molar-refractivity contribution in [2.45, 2.75) is 19.3 Å². The van der Waals surface area contributed by atoms with Crippen molar-refractivity contribution in [3.05, 3.63) is 64.5 Å². The zero-order valence-electron chi connectivity index (χ0n) is 17.0. The Kier molecular flexibility index (Phi) is 4.51. The molecule has 0 radical (unpaired) electrons. The van der Waals surface area contributed by atoms with Crippen molar-refractivity contribution in [3.8, 4) is 11.8 Å². The highest BCUT2D eigenvalue weighted by Crippen LogP contribution is 2.29. The Morgan fingerprint density at radius 2 is 2.10 bits per heavy atom. The van der Waals surface area contributed by atoms with Crippen molar-refractivity contribution in [3.63, 3.8) is 0 Å². The number of imidazole rings is 1. The zero-order chi connectivity index (χ0) is 21.5. The maximum Gasteiger partial charge on any atom is 0.250 e. The minimum Gasteiger partial charge on any atom is -0.355 e. The molecule has 0 unspecified atom stereocenters. The summed E-state index contributed by atoms with van der Waals surface area (Å²) in [5.74, 6) is 1.05. The van der Waals surface area contributed by atoms with Gasteiger partial charge in [-0.2, -0.15) is 5.26 Å². The van der Waals surface area contributed by atoms with Gasteiger partial charge >= 0.3 is 0 Å². The lowest BCUT2D eigenvalue weighted by Gasteiger charge is -2.12. The van der Waals surface area contributed by atoms with Gasteiger partial charge in [-0.15, -0.1) is 0 Å². The van der Waals surface area contributed by atoms with Crippen molar-refractivity contribution in [2.24, 2.45) is 13.0 Å². The first kappa shape index (κ1) is 19.0. The molecule has 8 nitrogen and oxygen atoms in total. The summed E-state index contributed by atoms with van der Waals surface area (Å²) in [5, 5.41) is 13.1. The van der Waals surface area contributed by atoms with Gasteiger partial charge in [-0.3, -0.25) is 19.1 Å². The molecule has 3 aromatic heterocycles. The third-order valence-corrected chi connectivity index (χ3v) is 5.61. The van der Waals surface area contributed by atoms with Gasteiger partial charge in [0.2, 0.25) is 11.5 Å². The SMILES string of the molecule is Cn1cc(-n2c(CC(=O)NCC3CC3)nc3cnc4ccc(C#N)cc4c32)ccc1=O. The summed E-state index contributed by atoms with van der Waals surface area (Å²) in [5.41, 5.74) is 3.20. The van der Waals surface area contributed by atoms with Crippen LogP contribution in [0.5, 0.6) is 0 Å². The normalized spacial score (nSPS) is 13.4. The number of nitrogens with zero attached hydrogens (tertiary/aromatic N) is 5. The second-order valence-corrected chi connectivity index (χ2v) is 7.96. The number of carbonyl (C=O) groups excluding carboxylic acids is 1. The van der Waals surface area contributed by atoms with Crippen molar-refractivity contribution in [2.75, 3.05) is 6.54 Å². The first-order valence-corrected chi connectivity index (χ1v) is 10.2. The third kappa shape index (κ3) is 3.55. The van der Waals surface area contributed by atoms with Gasteiger partial charge in [-0.25, -0.2) is 4.98 Å². The standard InChI is InChI=1S/C23H20N6O2/c1-28-13-16(5-7-22(28)31)29-20(9-21(30)26-11-14-2-3-14)27-19-12-25-18-6-4-15(10-24)8-17(18)23(19)29/h4-8,12-14H,2-3,9,11H2,1H3,(H,26,30). The van der Waals surface area contributed by atoms with E-state index in [0.29, 0.717) is 35.1 Å². The number of fused-ring (bicyclic) bond motifs is 3. The second-order valence-electron chi connectivity index (χ2n) is 7.96. The Hall–Kier alpha value is -3.99. The summed E-state index contributed by atoms with van der Waals surface area (Å²) in [7, 11) is 1.68. The monoisotopic (exact) mass is 412 g/mol. The van der Waals surface area contributed by atoms with Crippen molar-refractivity contribution in [1.82, 2.24) is 24.4 Å². The molecule has 0 bridgehead atoms. The summed E-state index contributed by atoms with van der Waals surface area (Å²) in [6.45, 7) is 0.689. The Morgan fingerprint density at radius 3 is 2.84 bits per heavy atom. The number of hydrogen-bond donors (Lipinski definition) is 1. The average molecular weight is 412 g/mol. The minimum absolute atomic E-state index is 0.0942. The van der Waals surface area contributed by atoms with E-state index >= 15 is 0 Å². The number of nitriles is 1. The highest BCUT2D eigenvalue weighted by atomic mass is 16.1. The maximum absolute atomic E-state index is 12.6. The lowest BCUT2D eigenvalue weighted by molar-refractivity contribution is -0.120. The lowest BCUT2D eigenvalue weighted by atomic mass is 10.1. The smallest absolute Gasteiger partial charge is 0.250 e. The molecule has 3 heterocycles. The van der Waals surface area contributed by atoms with Gasteiger partial charge in [0.25, 0.3) is 0 Å². The fraction of sp³-hybridized carbons (Fsp3) is 0.261. The van der Waals surface area contributed by atoms with Gasteiger partial charge in [0.05, 0.1) is 41.0 Å². The van der Waals surface area contributed by atoms with Crippen LogP contribution in [-0.4, -0.2) is 31.6 Å². The molecule has 1 amide bonds. The van der Waals surface area contributed by atoms with Crippen LogP contribution < -0.4 is 10.9 Å². The molecule has 1 saturated carbocycles. The zero-order valence-corrected chi connectivity index (χ0v) is 17.0. The van der Waals surface area contributed by atoms with E-state index < -0.39 is 0 Å². The number of rotatable bonds is 5. The number of benzene rings is 1. The fourth-order valence-electron chi connectivity index (χ4n) is 3.77. The predicted molar refractivity (Wildman–Crippen MR) is 116 cm³/mol. The number of pyridine rings is 2. The Balaban J connectivity index is 1.72. The quantitative estimate of drug-likeness (QED) is 0.541. The highest BCUT2D eigenvalue weighted by molar-refractivity contribution is 6.03. The van der Waals surface area contributed by atoms with Crippen molar-refractivity contribution < 1.29 is 4.79 Å². The molecule has 154 valence electrons. The van der Waals surface area contributed by atoms with Crippen LogP contribution in [0.2, 0.25) is 0 Å². The minimum atomic E-state index is -0.129. The Bertz CT molecular complexity index is 1440.